The molecule has 1 aliphatic rings. The summed E-state index contributed by atoms with van der Waals surface area (Å²) in [7, 11) is 0. The Labute approximate surface area is 158 Å². The van der Waals surface area contributed by atoms with Crippen LogP contribution in [0.25, 0.3) is 22.4 Å². The second-order valence-electron chi connectivity index (χ2n) is 7.15. The summed E-state index contributed by atoms with van der Waals surface area (Å²) in [5.74, 6) is 0.707. The van der Waals surface area contributed by atoms with Crippen molar-refractivity contribution < 1.29 is 0 Å². The molecule has 5 nitrogen and oxygen atoms in total. The van der Waals surface area contributed by atoms with Crippen LogP contribution in [0, 0.1) is 6.92 Å². The fourth-order valence-corrected chi connectivity index (χ4v) is 3.85. The molecule has 5 heteroatoms. The second-order valence-corrected chi connectivity index (χ2v) is 7.15. The molecule has 3 aromatic heterocycles. The van der Waals surface area contributed by atoms with Gasteiger partial charge in [0.05, 0.1) is 5.69 Å². The Morgan fingerprint density at radius 1 is 1.11 bits per heavy atom. The summed E-state index contributed by atoms with van der Waals surface area (Å²) in [5.41, 5.74) is 7.06. The molecule has 0 saturated heterocycles. The van der Waals surface area contributed by atoms with E-state index in [9.17, 15) is 0 Å². The Balaban J connectivity index is 1.41. The lowest BCUT2D eigenvalue weighted by Gasteiger charge is -2.27. The van der Waals surface area contributed by atoms with Gasteiger partial charge in [0.1, 0.15) is 5.69 Å². The SMILES string of the molecule is Cc1cccc2c(CN3CCc4cnc(-c5ccccn5)nc4C3)c[nH]c12. The third-order valence-corrected chi connectivity index (χ3v) is 5.32. The minimum atomic E-state index is 0.707. The van der Waals surface area contributed by atoms with Crippen molar-refractivity contribution in [3.63, 3.8) is 0 Å². The van der Waals surface area contributed by atoms with Crippen molar-refractivity contribution in [2.24, 2.45) is 0 Å². The first-order chi connectivity index (χ1) is 13.3. The molecule has 0 fully saturated rings. The fourth-order valence-electron chi connectivity index (χ4n) is 3.85. The number of aromatic nitrogens is 4. The average Bonchev–Trinajstić information content (AvgIpc) is 3.12. The van der Waals surface area contributed by atoms with Crippen LogP contribution in [0.2, 0.25) is 0 Å². The molecule has 0 amide bonds. The van der Waals surface area contributed by atoms with Crippen molar-refractivity contribution in [1.82, 2.24) is 24.8 Å². The summed E-state index contributed by atoms with van der Waals surface area (Å²) in [6, 6.07) is 12.3. The zero-order chi connectivity index (χ0) is 18.2. The average molecular weight is 355 g/mol. The van der Waals surface area contributed by atoms with Gasteiger partial charge in [-0.15, -0.1) is 0 Å². The van der Waals surface area contributed by atoms with E-state index < -0.39 is 0 Å². The lowest BCUT2D eigenvalue weighted by molar-refractivity contribution is 0.242. The number of benzene rings is 1. The van der Waals surface area contributed by atoms with E-state index in [0.717, 1.165) is 37.4 Å². The van der Waals surface area contributed by atoms with Gasteiger partial charge in [0, 0.05) is 49.1 Å². The zero-order valence-electron chi connectivity index (χ0n) is 15.3. The van der Waals surface area contributed by atoms with Crippen molar-refractivity contribution in [3.8, 4) is 11.5 Å². The van der Waals surface area contributed by atoms with E-state index >= 15 is 0 Å². The number of rotatable bonds is 3. The molecule has 0 bridgehead atoms. The molecule has 0 spiro atoms. The molecule has 1 N–H and O–H groups in total. The Hall–Kier alpha value is -3.05. The van der Waals surface area contributed by atoms with Gasteiger partial charge in [0.25, 0.3) is 0 Å². The van der Waals surface area contributed by atoms with Gasteiger partial charge in [0.2, 0.25) is 0 Å². The maximum atomic E-state index is 4.82. The van der Waals surface area contributed by atoms with Crippen LogP contribution in [0.3, 0.4) is 0 Å². The lowest BCUT2D eigenvalue weighted by atomic mass is 10.0. The zero-order valence-corrected chi connectivity index (χ0v) is 15.3. The highest BCUT2D eigenvalue weighted by Crippen LogP contribution is 2.25. The molecule has 0 atom stereocenters. The third kappa shape index (κ3) is 3.00. The molecular weight excluding hydrogens is 334 g/mol. The molecule has 0 unspecified atom stereocenters. The monoisotopic (exact) mass is 355 g/mol. The molecule has 27 heavy (non-hydrogen) atoms. The minimum absolute atomic E-state index is 0.707. The molecule has 4 heterocycles. The van der Waals surface area contributed by atoms with Gasteiger partial charge in [0.15, 0.2) is 5.82 Å². The predicted octanol–water partition coefficient (Wildman–Crippen LogP) is 3.89. The molecule has 5 rings (SSSR count). The largest absolute Gasteiger partial charge is 0.361 e. The molecular formula is C22H21N5. The number of fused-ring (bicyclic) bond motifs is 2. The number of pyridine rings is 1. The standard InChI is InChI=1S/C22H21N5/c1-15-5-4-6-18-17(12-24-21(15)18)13-27-10-8-16-11-25-22(26-20(16)14-27)19-7-2-3-9-23-19/h2-7,9,11-12,24H,8,10,13-14H2,1H3. The van der Waals surface area contributed by atoms with Crippen LogP contribution in [0.4, 0.5) is 0 Å². The van der Waals surface area contributed by atoms with Gasteiger partial charge in [-0.25, -0.2) is 9.97 Å². The molecule has 4 aromatic rings. The van der Waals surface area contributed by atoms with Crippen LogP contribution >= 0.6 is 0 Å². The van der Waals surface area contributed by atoms with Crippen molar-refractivity contribution in [2.75, 3.05) is 6.54 Å². The first-order valence-electron chi connectivity index (χ1n) is 9.32. The highest BCUT2D eigenvalue weighted by atomic mass is 15.1. The summed E-state index contributed by atoms with van der Waals surface area (Å²) in [6.45, 7) is 4.94. The molecule has 134 valence electrons. The van der Waals surface area contributed by atoms with Gasteiger partial charge in [-0.05, 0) is 42.2 Å². The fraction of sp³-hybridized carbons (Fsp3) is 0.227. The number of para-hydroxylation sites is 1. The maximum Gasteiger partial charge on any atom is 0.178 e. The van der Waals surface area contributed by atoms with E-state index in [1.807, 2.05) is 24.4 Å². The first kappa shape index (κ1) is 16.1. The van der Waals surface area contributed by atoms with Gasteiger partial charge < -0.3 is 4.98 Å². The summed E-state index contributed by atoms with van der Waals surface area (Å²) in [4.78, 5) is 19.6. The number of nitrogens with zero attached hydrogens (tertiary/aromatic N) is 4. The minimum Gasteiger partial charge on any atom is -0.361 e. The van der Waals surface area contributed by atoms with E-state index in [4.69, 9.17) is 4.98 Å². The molecule has 0 saturated carbocycles. The Bertz CT molecular complexity index is 1100. The normalized spacial score (nSPS) is 14.4. The molecule has 0 radical (unpaired) electrons. The third-order valence-electron chi connectivity index (χ3n) is 5.32. The van der Waals surface area contributed by atoms with Gasteiger partial charge in [-0.1, -0.05) is 24.3 Å². The van der Waals surface area contributed by atoms with E-state index in [2.05, 4.69) is 51.2 Å². The summed E-state index contributed by atoms with van der Waals surface area (Å²) in [5, 5.41) is 1.32. The number of H-pyrrole nitrogens is 1. The lowest BCUT2D eigenvalue weighted by Crippen LogP contribution is -2.31. The second kappa shape index (κ2) is 6.59. The van der Waals surface area contributed by atoms with Gasteiger partial charge in [-0.2, -0.15) is 0 Å². The molecule has 1 aliphatic heterocycles. The number of hydrogen-bond donors (Lipinski definition) is 1. The van der Waals surface area contributed by atoms with E-state index in [0.29, 0.717) is 5.82 Å². The van der Waals surface area contributed by atoms with Crippen LogP contribution in [0.5, 0.6) is 0 Å². The van der Waals surface area contributed by atoms with Crippen molar-refractivity contribution in [2.45, 2.75) is 26.4 Å². The van der Waals surface area contributed by atoms with Crippen LogP contribution < -0.4 is 0 Å². The Kier molecular flexibility index (Phi) is 3.94. The van der Waals surface area contributed by atoms with Crippen LogP contribution in [-0.2, 0) is 19.5 Å². The molecule has 0 aliphatic carbocycles. The van der Waals surface area contributed by atoms with Crippen molar-refractivity contribution in [1.29, 1.82) is 0 Å². The highest BCUT2D eigenvalue weighted by Gasteiger charge is 2.20. The quantitative estimate of drug-likeness (QED) is 0.606. The number of aromatic amines is 1. The first-order valence-corrected chi connectivity index (χ1v) is 9.32. The number of hydrogen-bond acceptors (Lipinski definition) is 4. The number of aryl methyl sites for hydroxylation is 1. The van der Waals surface area contributed by atoms with Crippen LogP contribution in [0.1, 0.15) is 22.4 Å². The van der Waals surface area contributed by atoms with Gasteiger partial charge >= 0.3 is 0 Å². The molecule has 1 aromatic carbocycles. The summed E-state index contributed by atoms with van der Waals surface area (Å²) < 4.78 is 0. The topological polar surface area (TPSA) is 57.7 Å². The predicted molar refractivity (Wildman–Crippen MR) is 106 cm³/mol. The smallest absolute Gasteiger partial charge is 0.178 e. The van der Waals surface area contributed by atoms with Crippen molar-refractivity contribution in [3.05, 3.63) is 77.4 Å². The number of nitrogens with one attached hydrogen (secondary N) is 1. The van der Waals surface area contributed by atoms with E-state index in [1.165, 1.54) is 27.6 Å². The van der Waals surface area contributed by atoms with Crippen molar-refractivity contribution >= 4 is 10.9 Å². The van der Waals surface area contributed by atoms with Gasteiger partial charge in [-0.3, -0.25) is 9.88 Å². The van der Waals surface area contributed by atoms with E-state index in [-0.39, 0.29) is 0 Å². The Morgan fingerprint density at radius 3 is 2.96 bits per heavy atom. The van der Waals surface area contributed by atoms with Crippen LogP contribution in [-0.4, -0.2) is 31.4 Å². The van der Waals surface area contributed by atoms with Crippen LogP contribution in [0.15, 0.2) is 55.0 Å². The maximum absolute atomic E-state index is 4.82. The Morgan fingerprint density at radius 2 is 2.07 bits per heavy atom. The summed E-state index contributed by atoms with van der Waals surface area (Å²) in [6.07, 6.45) is 6.88. The van der Waals surface area contributed by atoms with E-state index in [1.54, 1.807) is 6.20 Å². The summed E-state index contributed by atoms with van der Waals surface area (Å²) >= 11 is 0. The highest BCUT2D eigenvalue weighted by molar-refractivity contribution is 5.85.